The van der Waals surface area contributed by atoms with Gasteiger partial charge >= 0.3 is 11.5 Å². The molecule has 2 aliphatic rings. The third kappa shape index (κ3) is 2.57. The van der Waals surface area contributed by atoms with Gasteiger partial charge < -0.3 is 0 Å². The summed E-state index contributed by atoms with van der Waals surface area (Å²) in [5.74, 6) is 2.13. The molecule has 4 aromatic rings. The molecule has 1 heterocycles. The molecule has 0 amide bonds. The van der Waals surface area contributed by atoms with Crippen molar-refractivity contribution in [1.82, 2.24) is 0 Å². The van der Waals surface area contributed by atoms with Gasteiger partial charge in [-0.05, 0) is 61.4 Å². The van der Waals surface area contributed by atoms with Gasteiger partial charge in [-0.25, -0.2) is 4.42 Å². The van der Waals surface area contributed by atoms with E-state index in [1.165, 1.54) is 50.1 Å². The van der Waals surface area contributed by atoms with Crippen molar-refractivity contribution in [1.29, 1.82) is 0 Å². The van der Waals surface area contributed by atoms with Crippen molar-refractivity contribution in [3.05, 3.63) is 101 Å². The van der Waals surface area contributed by atoms with E-state index in [-0.39, 0.29) is 0 Å². The second-order valence-electron chi connectivity index (χ2n) is 8.27. The molecule has 0 unspecified atom stereocenters. The lowest BCUT2D eigenvalue weighted by atomic mass is 9.79. The molecule has 2 aliphatic carbocycles. The fourth-order valence-electron chi connectivity index (χ4n) is 5.05. The lowest BCUT2D eigenvalue weighted by Crippen LogP contribution is -2.12. The maximum absolute atomic E-state index is 6.76. The first-order valence-electron chi connectivity index (χ1n) is 10.5. The molecule has 0 spiro atoms. The number of fused-ring (bicyclic) bond motifs is 6. The molecule has 0 saturated carbocycles. The quantitative estimate of drug-likeness (QED) is 0.324. The molecule has 0 fully saturated rings. The standard InChI is InChI=1S/C28H23O/c1-18-10-12-21(13-11-18)26-24-16-14-19-6-2-4-8-22(19)27(24)29-28-23-9-5-3-7-20(23)15-17-25(26)28/h2-13H,14-17H2,1H3/q+1. The second-order valence-corrected chi connectivity index (χ2v) is 8.27. The summed E-state index contributed by atoms with van der Waals surface area (Å²) in [6.45, 7) is 2.15. The van der Waals surface area contributed by atoms with E-state index < -0.39 is 0 Å². The van der Waals surface area contributed by atoms with Crippen LogP contribution in [-0.4, -0.2) is 0 Å². The van der Waals surface area contributed by atoms with Crippen molar-refractivity contribution >= 4 is 0 Å². The lowest BCUT2D eigenvalue weighted by Gasteiger charge is -2.22. The molecular weight excluding hydrogens is 352 g/mol. The molecule has 0 bridgehead atoms. The van der Waals surface area contributed by atoms with Gasteiger partial charge in [-0.2, -0.15) is 0 Å². The maximum atomic E-state index is 6.76. The summed E-state index contributed by atoms with van der Waals surface area (Å²) in [5.41, 5.74) is 12.1. The van der Waals surface area contributed by atoms with Gasteiger partial charge in [0.15, 0.2) is 0 Å². The van der Waals surface area contributed by atoms with Crippen LogP contribution >= 0.6 is 0 Å². The molecule has 0 atom stereocenters. The highest BCUT2D eigenvalue weighted by Crippen LogP contribution is 2.47. The van der Waals surface area contributed by atoms with Crippen molar-refractivity contribution in [3.8, 4) is 33.8 Å². The van der Waals surface area contributed by atoms with Gasteiger partial charge in [-0.3, -0.25) is 0 Å². The Labute approximate surface area is 171 Å². The topological polar surface area (TPSA) is 11.3 Å². The van der Waals surface area contributed by atoms with E-state index in [1.54, 1.807) is 0 Å². The minimum Gasteiger partial charge on any atom is -0.206 e. The minimum atomic E-state index is 1.04. The number of rotatable bonds is 1. The van der Waals surface area contributed by atoms with E-state index in [1.807, 2.05) is 0 Å². The van der Waals surface area contributed by atoms with E-state index in [0.717, 1.165) is 37.2 Å². The Morgan fingerprint density at radius 1 is 0.586 bits per heavy atom. The zero-order valence-corrected chi connectivity index (χ0v) is 16.7. The Morgan fingerprint density at radius 3 is 1.66 bits per heavy atom. The summed E-state index contributed by atoms with van der Waals surface area (Å²) in [6.07, 6.45) is 4.22. The zero-order valence-electron chi connectivity index (χ0n) is 16.7. The van der Waals surface area contributed by atoms with E-state index in [0.29, 0.717) is 0 Å². The first-order chi connectivity index (χ1) is 14.3. The van der Waals surface area contributed by atoms with Gasteiger partial charge in [0.05, 0.1) is 22.3 Å². The molecule has 1 nitrogen and oxygen atoms in total. The Bertz CT molecular complexity index is 1170. The largest absolute Gasteiger partial charge is 0.364 e. The average Bonchev–Trinajstić information content (AvgIpc) is 2.78. The first kappa shape index (κ1) is 16.7. The van der Waals surface area contributed by atoms with Crippen molar-refractivity contribution < 1.29 is 4.42 Å². The highest BCUT2D eigenvalue weighted by molar-refractivity contribution is 5.86. The molecule has 1 aromatic heterocycles. The fraction of sp³-hybridized carbons (Fsp3) is 0.179. The van der Waals surface area contributed by atoms with Crippen LogP contribution in [0.5, 0.6) is 0 Å². The summed E-state index contributed by atoms with van der Waals surface area (Å²) >= 11 is 0. The highest BCUT2D eigenvalue weighted by atomic mass is 16.3. The molecular formula is C28H23O+. The summed E-state index contributed by atoms with van der Waals surface area (Å²) < 4.78 is 6.76. The maximum Gasteiger partial charge on any atom is 0.364 e. The van der Waals surface area contributed by atoms with Crippen LogP contribution in [-0.2, 0) is 25.7 Å². The van der Waals surface area contributed by atoms with Crippen molar-refractivity contribution in [2.24, 2.45) is 0 Å². The predicted molar refractivity (Wildman–Crippen MR) is 119 cm³/mol. The van der Waals surface area contributed by atoms with E-state index >= 15 is 0 Å². The predicted octanol–water partition coefficient (Wildman–Crippen LogP) is 7.07. The van der Waals surface area contributed by atoms with Crippen LogP contribution in [0.25, 0.3) is 33.8 Å². The molecule has 0 saturated heterocycles. The highest BCUT2D eigenvalue weighted by Gasteiger charge is 2.37. The number of aryl methyl sites for hydroxylation is 3. The second kappa shape index (κ2) is 6.42. The lowest BCUT2D eigenvalue weighted by molar-refractivity contribution is 0.556. The molecule has 6 rings (SSSR count). The smallest absolute Gasteiger partial charge is 0.206 e. The van der Waals surface area contributed by atoms with Crippen molar-refractivity contribution in [2.45, 2.75) is 32.6 Å². The van der Waals surface area contributed by atoms with Gasteiger partial charge in [0, 0.05) is 5.56 Å². The summed E-state index contributed by atoms with van der Waals surface area (Å²) in [4.78, 5) is 0. The Balaban J connectivity index is 1.71. The molecule has 0 aliphatic heterocycles. The van der Waals surface area contributed by atoms with Gasteiger partial charge in [0.25, 0.3) is 0 Å². The monoisotopic (exact) mass is 375 g/mol. The first-order valence-corrected chi connectivity index (χ1v) is 10.5. The van der Waals surface area contributed by atoms with E-state index in [2.05, 4.69) is 79.7 Å². The van der Waals surface area contributed by atoms with Gasteiger partial charge in [0.1, 0.15) is 0 Å². The number of benzene rings is 3. The summed E-state index contributed by atoms with van der Waals surface area (Å²) in [5, 5.41) is 0. The SMILES string of the molecule is Cc1ccc(-c2c3c([o+]c4c2CCc2ccccc2-4)-c2ccccc2CC3)cc1. The molecule has 140 valence electrons. The molecule has 1 heteroatoms. The van der Waals surface area contributed by atoms with E-state index in [4.69, 9.17) is 4.42 Å². The van der Waals surface area contributed by atoms with Gasteiger partial charge in [0.2, 0.25) is 0 Å². The molecule has 29 heavy (non-hydrogen) atoms. The normalized spacial score (nSPS) is 13.8. The average molecular weight is 375 g/mol. The molecule has 0 N–H and O–H groups in total. The van der Waals surface area contributed by atoms with Crippen molar-refractivity contribution in [2.75, 3.05) is 0 Å². The van der Waals surface area contributed by atoms with Gasteiger partial charge in [-0.15, -0.1) is 0 Å². The van der Waals surface area contributed by atoms with Crippen LogP contribution < -0.4 is 0 Å². The summed E-state index contributed by atoms with van der Waals surface area (Å²) in [6, 6.07) is 26.5. The van der Waals surface area contributed by atoms with Crippen LogP contribution in [0.2, 0.25) is 0 Å². The number of hydrogen-bond acceptors (Lipinski definition) is 0. The van der Waals surface area contributed by atoms with Crippen LogP contribution in [0.15, 0.2) is 77.2 Å². The van der Waals surface area contributed by atoms with Crippen molar-refractivity contribution in [3.63, 3.8) is 0 Å². The number of hydrogen-bond donors (Lipinski definition) is 0. The third-order valence-corrected chi connectivity index (χ3v) is 6.51. The third-order valence-electron chi connectivity index (χ3n) is 6.51. The Kier molecular flexibility index (Phi) is 3.70. The Morgan fingerprint density at radius 2 is 1.10 bits per heavy atom. The molecule has 3 aromatic carbocycles. The Hall–Kier alpha value is -3.19. The van der Waals surface area contributed by atoms with Crippen LogP contribution in [0, 0.1) is 6.92 Å². The van der Waals surface area contributed by atoms with Crippen LogP contribution in [0.4, 0.5) is 0 Å². The van der Waals surface area contributed by atoms with Crippen LogP contribution in [0.3, 0.4) is 0 Å². The van der Waals surface area contributed by atoms with Crippen LogP contribution in [0.1, 0.15) is 27.8 Å². The van der Waals surface area contributed by atoms with E-state index in [9.17, 15) is 0 Å². The minimum absolute atomic E-state index is 1.04. The zero-order chi connectivity index (χ0) is 19.4. The summed E-state index contributed by atoms with van der Waals surface area (Å²) in [7, 11) is 0. The molecule has 0 radical (unpaired) electrons. The fourth-order valence-corrected chi connectivity index (χ4v) is 5.05. The van der Waals surface area contributed by atoms with Gasteiger partial charge in [-0.1, -0.05) is 66.2 Å².